The fourth-order valence-corrected chi connectivity index (χ4v) is 5.89. The van der Waals surface area contributed by atoms with Crippen LogP contribution in [-0.2, 0) is 11.3 Å². The van der Waals surface area contributed by atoms with Crippen LogP contribution in [0.4, 0.5) is 0 Å². The van der Waals surface area contributed by atoms with Gasteiger partial charge in [0, 0.05) is 29.9 Å². The van der Waals surface area contributed by atoms with E-state index in [1.54, 1.807) is 11.3 Å². The SMILES string of the molecule is O=C(Cn1nc(C2CC2)n2c(cc3ccsc32)c1=O)N[C@@H]1CCCN(C2CCC2)C1. The molecular formula is C22H27N5O2S. The molecule has 3 aromatic rings. The molecular weight excluding hydrogens is 398 g/mol. The quantitative estimate of drug-likeness (QED) is 0.682. The zero-order valence-electron chi connectivity index (χ0n) is 17.0. The van der Waals surface area contributed by atoms with Gasteiger partial charge in [-0.3, -0.25) is 18.9 Å². The van der Waals surface area contributed by atoms with Gasteiger partial charge in [0.15, 0.2) is 0 Å². The van der Waals surface area contributed by atoms with Crippen LogP contribution in [0.3, 0.4) is 0 Å². The third-order valence-corrected chi connectivity index (χ3v) is 7.87. The van der Waals surface area contributed by atoms with E-state index in [-0.39, 0.29) is 24.1 Å². The summed E-state index contributed by atoms with van der Waals surface area (Å²) in [5.41, 5.74) is 0.452. The summed E-state index contributed by atoms with van der Waals surface area (Å²) in [5.74, 6) is 1.20. The number of hydrogen-bond donors (Lipinski definition) is 1. The highest BCUT2D eigenvalue weighted by Gasteiger charge is 2.32. The van der Waals surface area contributed by atoms with E-state index in [2.05, 4.69) is 15.3 Å². The maximum Gasteiger partial charge on any atom is 0.291 e. The van der Waals surface area contributed by atoms with Crippen LogP contribution in [0, 0.1) is 0 Å². The van der Waals surface area contributed by atoms with Crippen LogP contribution in [0.5, 0.6) is 0 Å². The lowest BCUT2D eigenvalue weighted by Gasteiger charge is -2.42. The number of thiophene rings is 1. The Morgan fingerprint density at radius 2 is 2.07 bits per heavy atom. The normalized spacial score (nSPS) is 23.1. The highest BCUT2D eigenvalue weighted by molar-refractivity contribution is 7.16. The zero-order chi connectivity index (χ0) is 20.2. The van der Waals surface area contributed by atoms with Crippen molar-refractivity contribution >= 4 is 33.0 Å². The first-order valence-corrected chi connectivity index (χ1v) is 12.1. The van der Waals surface area contributed by atoms with Crippen molar-refractivity contribution in [3.63, 3.8) is 0 Å². The molecule has 7 nitrogen and oxygen atoms in total. The number of carbonyl (C=O) groups is 1. The van der Waals surface area contributed by atoms with Crippen molar-refractivity contribution in [2.45, 2.75) is 69.5 Å². The van der Waals surface area contributed by atoms with E-state index in [1.807, 2.05) is 21.9 Å². The Hall–Kier alpha value is -2.19. The van der Waals surface area contributed by atoms with E-state index in [1.165, 1.54) is 23.9 Å². The molecule has 1 atom stereocenters. The van der Waals surface area contributed by atoms with Gasteiger partial charge >= 0.3 is 0 Å². The molecule has 2 aliphatic carbocycles. The van der Waals surface area contributed by atoms with Gasteiger partial charge in [-0.15, -0.1) is 11.3 Å². The second kappa shape index (κ2) is 7.20. The molecule has 1 N–H and O–H groups in total. The van der Waals surface area contributed by atoms with Gasteiger partial charge in [0.05, 0.1) is 0 Å². The number of carbonyl (C=O) groups excluding carboxylic acids is 1. The van der Waals surface area contributed by atoms with Gasteiger partial charge in [-0.05, 0) is 62.6 Å². The lowest BCUT2D eigenvalue weighted by atomic mass is 9.89. The minimum atomic E-state index is -0.183. The molecule has 4 heterocycles. The summed E-state index contributed by atoms with van der Waals surface area (Å²) in [4.78, 5) is 29.5. The van der Waals surface area contributed by atoms with Crippen molar-refractivity contribution in [2.75, 3.05) is 13.1 Å². The van der Waals surface area contributed by atoms with Gasteiger partial charge < -0.3 is 5.32 Å². The summed E-state index contributed by atoms with van der Waals surface area (Å²) >= 11 is 1.63. The highest BCUT2D eigenvalue weighted by Crippen LogP contribution is 2.40. The smallest absolute Gasteiger partial charge is 0.291 e. The lowest BCUT2D eigenvalue weighted by Crippen LogP contribution is -2.53. The number of amides is 1. The molecule has 1 amide bonds. The number of nitrogens with zero attached hydrogens (tertiary/aromatic N) is 4. The minimum Gasteiger partial charge on any atom is -0.350 e. The van der Waals surface area contributed by atoms with E-state index >= 15 is 0 Å². The van der Waals surface area contributed by atoms with Crippen LogP contribution in [0.25, 0.3) is 15.7 Å². The molecule has 3 aliphatic rings. The van der Waals surface area contributed by atoms with Crippen molar-refractivity contribution in [3.05, 3.63) is 33.7 Å². The molecule has 30 heavy (non-hydrogen) atoms. The van der Waals surface area contributed by atoms with E-state index in [0.717, 1.165) is 54.8 Å². The molecule has 0 unspecified atom stereocenters. The molecule has 158 valence electrons. The highest BCUT2D eigenvalue weighted by atomic mass is 32.1. The first kappa shape index (κ1) is 18.6. The van der Waals surface area contributed by atoms with Crippen molar-refractivity contribution in [1.82, 2.24) is 24.4 Å². The number of hydrogen-bond acceptors (Lipinski definition) is 5. The number of fused-ring (bicyclic) bond motifs is 3. The summed E-state index contributed by atoms with van der Waals surface area (Å²) in [6.07, 6.45) is 8.23. The number of nitrogens with one attached hydrogen (secondary N) is 1. The molecule has 0 spiro atoms. The fourth-order valence-electron chi connectivity index (χ4n) is 4.98. The summed E-state index contributed by atoms with van der Waals surface area (Å²) in [7, 11) is 0. The summed E-state index contributed by atoms with van der Waals surface area (Å²) in [6.45, 7) is 2.07. The lowest BCUT2D eigenvalue weighted by molar-refractivity contribution is -0.123. The van der Waals surface area contributed by atoms with Crippen molar-refractivity contribution in [1.29, 1.82) is 0 Å². The molecule has 1 aliphatic heterocycles. The van der Waals surface area contributed by atoms with Crippen LogP contribution < -0.4 is 10.9 Å². The molecule has 3 aromatic heterocycles. The van der Waals surface area contributed by atoms with Gasteiger partial charge in [0.2, 0.25) is 5.91 Å². The summed E-state index contributed by atoms with van der Waals surface area (Å²) < 4.78 is 3.40. The monoisotopic (exact) mass is 425 g/mol. The van der Waals surface area contributed by atoms with Gasteiger partial charge in [0.1, 0.15) is 22.7 Å². The Labute approximate surface area is 178 Å². The molecule has 1 saturated heterocycles. The average molecular weight is 426 g/mol. The third-order valence-electron chi connectivity index (χ3n) is 6.96. The summed E-state index contributed by atoms with van der Waals surface area (Å²) in [6, 6.07) is 4.86. The van der Waals surface area contributed by atoms with Crippen LogP contribution in [0.2, 0.25) is 0 Å². The minimum absolute atomic E-state index is 0.00614. The Bertz CT molecular complexity index is 1170. The van der Waals surface area contributed by atoms with E-state index < -0.39 is 0 Å². The third kappa shape index (κ3) is 3.17. The van der Waals surface area contributed by atoms with E-state index in [0.29, 0.717) is 17.5 Å². The van der Waals surface area contributed by atoms with Crippen LogP contribution in [0.1, 0.15) is 56.7 Å². The van der Waals surface area contributed by atoms with Gasteiger partial charge in [-0.2, -0.15) is 5.10 Å². The van der Waals surface area contributed by atoms with E-state index in [4.69, 9.17) is 0 Å². The number of piperidine rings is 1. The maximum absolute atomic E-state index is 13.1. The standard InChI is InChI=1S/C22H27N5O2S/c28-19(23-16-3-2-9-25(12-16)17-4-1-5-17)13-26-21(29)18-11-15-8-10-30-22(15)27(18)20(24-26)14-6-7-14/h8,10-11,14,16-17H,1-7,9,12-13H2,(H,23,28)/t16-/m1/s1. The zero-order valence-corrected chi connectivity index (χ0v) is 17.9. The molecule has 8 heteroatoms. The first-order valence-electron chi connectivity index (χ1n) is 11.2. The van der Waals surface area contributed by atoms with Crippen LogP contribution in [-0.4, -0.2) is 50.2 Å². The Morgan fingerprint density at radius 1 is 1.20 bits per heavy atom. The van der Waals surface area contributed by atoms with Crippen molar-refractivity contribution in [3.8, 4) is 0 Å². The van der Waals surface area contributed by atoms with Crippen molar-refractivity contribution < 1.29 is 4.79 Å². The second-order valence-corrected chi connectivity index (χ2v) is 10.0. The van der Waals surface area contributed by atoms with Crippen LogP contribution >= 0.6 is 11.3 Å². The Morgan fingerprint density at radius 3 is 2.83 bits per heavy atom. The number of rotatable bonds is 5. The fraction of sp³-hybridized carbons (Fsp3) is 0.591. The van der Waals surface area contributed by atoms with Gasteiger partial charge in [0.25, 0.3) is 5.56 Å². The molecule has 0 aromatic carbocycles. The molecule has 0 radical (unpaired) electrons. The molecule has 0 bridgehead atoms. The Kier molecular flexibility index (Phi) is 4.46. The average Bonchev–Trinajstić information content (AvgIpc) is 3.31. The number of aromatic nitrogens is 3. The number of likely N-dealkylation sites (tertiary alicyclic amines) is 1. The van der Waals surface area contributed by atoms with Crippen LogP contribution in [0.15, 0.2) is 22.3 Å². The predicted octanol–water partition coefficient (Wildman–Crippen LogP) is 2.72. The Balaban J connectivity index is 1.24. The molecule has 2 saturated carbocycles. The van der Waals surface area contributed by atoms with Crippen molar-refractivity contribution in [2.24, 2.45) is 0 Å². The predicted molar refractivity (Wildman–Crippen MR) is 117 cm³/mol. The topological polar surface area (TPSA) is 71.6 Å². The molecule has 6 rings (SSSR count). The summed E-state index contributed by atoms with van der Waals surface area (Å²) in [5, 5.41) is 11.0. The first-order chi connectivity index (χ1) is 14.7. The molecule has 3 fully saturated rings. The second-order valence-electron chi connectivity index (χ2n) is 9.13. The van der Waals surface area contributed by atoms with Gasteiger partial charge in [-0.25, -0.2) is 4.68 Å². The van der Waals surface area contributed by atoms with E-state index in [9.17, 15) is 9.59 Å². The largest absolute Gasteiger partial charge is 0.350 e. The maximum atomic E-state index is 13.1. The van der Waals surface area contributed by atoms with Gasteiger partial charge in [-0.1, -0.05) is 6.42 Å².